The second-order valence-corrected chi connectivity index (χ2v) is 4.00. The van der Waals surface area contributed by atoms with Gasteiger partial charge in [0.15, 0.2) is 11.6 Å². The van der Waals surface area contributed by atoms with E-state index in [1.165, 1.54) is 0 Å². The van der Waals surface area contributed by atoms with Crippen LogP contribution in [0, 0.1) is 0 Å². The lowest BCUT2D eigenvalue weighted by atomic mass is 10.2. The van der Waals surface area contributed by atoms with E-state index in [2.05, 4.69) is 10.2 Å². The molecule has 17 heavy (non-hydrogen) atoms. The van der Waals surface area contributed by atoms with Gasteiger partial charge in [0.25, 0.3) is 0 Å². The van der Waals surface area contributed by atoms with Crippen LogP contribution in [0.5, 0.6) is 5.75 Å². The molecule has 0 aliphatic carbocycles. The van der Waals surface area contributed by atoms with E-state index in [1.807, 2.05) is 18.2 Å². The summed E-state index contributed by atoms with van der Waals surface area (Å²) in [4.78, 5) is 0. The molecule has 0 saturated carbocycles. The number of halogens is 1. The average molecular weight is 246 g/mol. The standard InChI is InChI=1S/C12H8ClN3O/c13-9-5-2-1-4-8(9)11-14-15-12-10(17)6-3-7-16(11)12/h1-7,17H. The van der Waals surface area contributed by atoms with Gasteiger partial charge in [-0.2, -0.15) is 0 Å². The summed E-state index contributed by atoms with van der Waals surface area (Å²) in [5.74, 6) is 0.708. The van der Waals surface area contributed by atoms with Crippen molar-refractivity contribution in [2.45, 2.75) is 0 Å². The number of fused-ring (bicyclic) bond motifs is 1. The Bertz CT molecular complexity index is 693. The monoisotopic (exact) mass is 245 g/mol. The van der Waals surface area contributed by atoms with Crippen LogP contribution in [0.15, 0.2) is 42.6 Å². The Kier molecular flexibility index (Phi) is 2.23. The largest absolute Gasteiger partial charge is 0.504 e. The molecule has 84 valence electrons. The zero-order valence-electron chi connectivity index (χ0n) is 8.71. The van der Waals surface area contributed by atoms with E-state index < -0.39 is 0 Å². The number of rotatable bonds is 1. The van der Waals surface area contributed by atoms with Gasteiger partial charge < -0.3 is 5.11 Å². The van der Waals surface area contributed by atoms with E-state index >= 15 is 0 Å². The topological polar surface area (TPSA) is 50.4 Å². The molecule has 0 unspecified atom stereocenters. The highest BCUT2D eigenvalue weighted by molar-refractivity contribution is 6.33. The van der Waals surface area contributed by atoms with Crippen LogP contribution in [0.3, 0.4) is 0 Å². The summed E-state index contributed by atoms with van der Waals surface area (Å²) >= 11 is 6.11. The summed E-state index contributed by atoms with van der Waals surface area (Å²) in [6.45, 7) is 0. The van der Waals surface area contributed by atoms with Crippen molar-refractivity contribution in [3.8, 4) is 17.1 Å². The highest BCUT2D eigenvalue weighted by Gasteiger charge is 2.12. The summed E-state index contributed by atoms with van der Waals surface area (Å²) in [6.07, 6.45) is 1.79. The second kappa shape index (κ2) is 3.75. The van der Waals surface area contributed by atoms with E-state index in [9.17, 15) is 5.11 Å². The fourth-order valence-corrected chi connectivity index (χ4v) is 1.95. The minimum atomic E-state index is 0.0957. The quantitative estimate of drug-likeness (QED) is 0.717. The maximum absolute atomic E-state index is 9.64. The van der Waals surface area contributed by atoms with Gasteiger partial charge in [0, 0.05) is 11.8 Å². The minimum absolute atomic E-state index is 0.0957. The Hall–Kier alpha value is -2.07. The molecule has 0 saturated heterocycles. The van der Waals surface area contributed by atoms with Crippen molar-refractivity contribution in [3.63, 3.8) is 0 Å². The van der Waals surface area contributed by atoms with Gasteiger partial charge in [0.05, 0.1) is 5.02 Å². The maximum atomic E-state index is 9.64. The molecule has 0 bridgehead atoms. The minimum Gasteiger partial charge on any atom is -0.504 e. The van der Waals surface area contributed by atoms with E-state index in [-0.39, 0.29) is 5.75 Å². The van der Waals surface area contributed by atoms with Gasteiger partial charge in [-0.05, 0) is 24.3 Å². The highest BCUT2D eigenvalue weighted by atomic mass is 35.5. The van der Waals surface area contributed by atoms with Crippen molar-refractivity contribution in [3.05, 3.63) is 47.6 Å². The predicted octanol–water partition coefficient (Wildman–Crippen LogP) is 2.76. The molecule has 2 heterocycles. The van der Waals surface area contributed by atoms with Crippen molar-refractivity contribution in [1.82, 2.24) is 14.6 Å². The first-order valence-electron chi connectivity index (χ1n) is 5.05. The molecule has 1 aromatic carbocycles. The Morgan fingerprint density at radius 1 is 1.06 bits per heavy atom. The van der Waals surface area contributed by atoms with Crippen LogP contribution in [0.2, 0.25) is 5.02 Å². The second-order valence-electron chi connectivity index (χ2n) is 3.59. The van der Waals surface area contributed by atoms with Crippen molar-refractivity contribution >= 4 is 17.2 Å². The Labute approximate surface area is 102 Å². The lowest BCUT2D eigenvalue weighted by Crippen LogP contribution is -1.89. The smallest absolute Gasteiger partial charge is 0.203 e. The molecular formula is C12H8ClN3O. The summed E-state index contributed by atoms with van der Waals surface area (Å²) in [5.41, 5.74) is 1.20. The van der Waals surface area contributed by atoms with E-state index in [0.29, 0.717) is 16.5 Å². The van der Waals surface area contributed by atoms with Crippen LogP contribution in [-0.2, 0) is 0 Å². The van der Waals surface area contributed by atoms with Crippen LogP contribution in [-0.4, -0.2) is 19.7 Å². The molecule has 0 spiro atoms. The van der Waals surface area contributed by atoms with E-state index in [0.717, 1.165) is 5.56 Å². The Morgan fingerprint density at radius 3 is 2.71 bits per heavy atom. The third kappa shape index (κ3) is 1.54. The SMILES string of the molecule is Oc1cccn2c(-c3ccccc3Cl)nnc12. The summed E-state index contributed by atoms with van der Waals surface area (Å²) in [7, 11) is 0. The number of aromatic hydroxyl groups is 1. The number of hydrogen-bond acceptors (Lipinski definition) is 3. The molecule has 3 aromatic rings. The first kappa shape index (κ1) is 10.1. The molecule has 4 nitrogen and oxygen atoms in total. The van der Waals surface area contributed by atoms with Crippen LogP contribution in [0.1, 0.15) is 0 Å². The molecule has 3 rings (SSSR count). The molecule has 0 aliphatic heterocycles. The van der Waals surface area contributed by atoms with Crippen LogP contribution >= 0.6 is 11.6 Å². The molecule has 0 aliphatic rings. The van der Waals surface area contributed by atoms with Crippen molar-refractivity contribution in [1.29, 1.82) is 0 Å². The zero-order chi connectivity index (χ0) is 11.8. The highest BCUT2D eigenvalue weighted by Crippen LogP contribution is 2.28. The molecule has 0 atom stereocenters. The maximum Gasteiger partial charge on any atom is 0.203 e. The molecule has 0 amide bonds. The van der Waals surface area contributed by atoms with Gasteiger partial charge in [0.2, 0.25) is 5.65 Å². The van der Waals surface area contributed by atoms with Gasteiger partial charge in [-0.3, -0.25) is 4.40 Å². The number of pyridine rings is 1. The predicted molar refractivity (Wildman–Crippen MR) is 65.1 cm³/mol. The van der Waals surface area contributed by atoms with Crippen LogP contribution < -0.4 is 0 Å². The molecule has 2 aromatic heterocycles. The lowest BCUT2D eigenvalue weighted by molar-refractivity contribution is 0.477. The number of nitrogens with zero attached hydrogens (tertiary/aromatic N) is 3. The molecular weight excluding hydrogens is 238 g/mol. The molecule has 0 radical (unpaired) electrons. The normalized spacial score (nSPS) is 10.9. The molecule has 1 N–H and O–H groups in total. The van der Waals surface area contributed by atoms with E-state index in [1.54, 1.807) is 28.8 Å². The Morgan fingerprint density at radius 2 is 1.88 bits per heavy atom. The van der Waals surface area contributed by atoms with Crippen molar-refractivity contribution < 1.29 is 5.11 Å². The Balaban J connectivity index is 2.33. The summed E-state index contributed by atoms with van der Waals surface area (Å²) in [6, 6.07) is 10.7. The molecule has 5 heteroatoms. The molecule has 0 fully saturated rings. The summed E-state index contributed by atoms with van der Waals surface area (Å²) < 4.78 is 1.70. The number of aromatic nitrogens is 3. The van der Waals surface area contributed by atoms with Gasteiger partial charge in [0.1, 0.15) is 0 Å². The van der Waals surface area contributed by atoms with Crippen LogP contribution in [0.4, 0.5) is 0 Å². The van der Waals surface area contributed by atoms with Crippen molar-refractivity contribution in [2.24, 2.45) is 0 Å². The first-order chi connectivity index (χ1) is 8.27. The summed E-state index contributed by atoms with van der Waals surface area (Å²) in [5, 5.41) is 18.2. The van der Waals surface area contributed by atoms with Gasteiger partial charge in [-0.1, -0.05) is 23.7 Å². The third-order valence-corrected chi connectivity index (χ3v) is 2.86. The van der Waals surface area contributed by atoms with Crippen LogP contribution in [0.25, 0.3) is 17.0 Å². The van der Waals surface area contributed by atoms with Gasteiger partial charge >= 0.3 is 0 Å². The third-order valence-electron chi connectivity index (χ3n) is 2.53. The van der Waals surface area contributed by atoms with Gasteiger partial charge in [-0.15, -0.1) is 10.2 Å². The number of benzene rings is 1. The fraction of sp³-hybridized carbons (Fsp3) is 0. The van der Waals surface area contributed by atoms with Gasteiger partial charge in [-0.25, -0.2) is 0 Å². The number of hydrogen-bond donors (Lipinski definition) is 1. The average Bonchev–Trinajstić information content (AvgIpc) is 2.75. The first-order valence-corrected chi connectivity index (χ1v) is 5.43. The van der Waals surface area contributed by atoms with Crippen molar-refractivity contribution in [2.75, 3.05) is 0 Å². The lowest BCUT2D eigenvalue weighted by Gasteiger charge is -2.02. The fourth-order valence-electron chi connectivity index (χ4n) is 1.73. The zero-order valence-corrected chi connectivity index (χ0v) is 9.46. The van der Waals surface area contributed by atoms with E-state index in [4.69, 9.17) is 11.6 Å².